The number of hydrogen-bond acceptors (Lipinski definition) is 5. The first kappa shape index (κ1) is 13.5. The lowest BCUT2D eigenvalue weighted by Crippen LogP contribution is -2.45. The third-order valence-electron chi connectivity index (χ3n) is 4.34. The van der Waals surface area contributed by atoms with Crippen LogP contribution in [0.4, 0.5) is 0 Å². The Morgan fingerprint density at radius 1 is 1.35 bits per heavy atom. The Morgan fingerprint density at radius 2 is 2.10 bits per heavy atom. The molecule has 1 saturated heterocycles. The van der Waals surface area contributed by atoms with Crippen molar-refractivity contribution in [1.29, 1.82) is 0 Å². The van der Waals surface area contributed by atoms with Crippen LogP contribution in [0, 0.1) is 12.8 Å². The van der Waals surface area contributed by atoms with Crippen molar-refractivity contribution in [2.45, 2.75) is 51.6 Å². The lowest BCUT2D eigenvalue weighted by Gasteiger charge is -2.33. The van der Waals surface area contributed by atoms with E-state index in [0.717, 1.165) is 38.8 Å². The smallest absolute Gasteiger partial charge is 0.240 e. The van der Waals surface area contributed by atoms with Crippen LogP contribution in [0.3, 0.4) is 0 Å². The minimum absolute atomic E-state index is 0.177. The summed E-state index contributed by atoms with van der Waals surface area (Å²) in [5.41, 5.74) is 0. The van der Waals surface area contributed by atoms with Crippen molar-refractivity contribution in [3.8, 4) is 0 Å². The van der Waals surface area contributed by atoms with Crippen molar-refractivity contribution in [3.05, 3.63) is 11.7 Å². The Hall–Kier alpha value is -1.43. The molecule has 0 unspecified atom stereocenters. The van der Waals surface area contributed by atoms with Gasteiger partial charge in [-0.15, -0.1) is 0 Å². The summed E-state index contributed by atoms with van der Waals surface area (Å²) in [5, 5.41) is 6.95. The highest BCUT2D eigenvalue weighted by Crippen LogP contribution is 2.22. The molecule has 6 nitrogen and oxygen atoms in total. The van der Waals surface area contributed by atoms with Gasteiger partial charge in [0.05, 0.1) is 6.54 Å². The fraction of sp³-hybridized carbons (Fsp3) is 0.786. The molecular formula is C14H22N4O2. The van der Waals surface area contributed by atoms with Crippen LogP contribution in [-0.4, -0.2) is 40.1 Å². The number of rotatable bonds is 4. The molecule has 2 fully saturated rings. The second-order valence-corrected chi connectivity index (χ2v) is 5.92. The summed E-state index contributed by atoms with van der Waals surface area (Å²) in [6.45, 7) is 4.36. The molecule has 20 heavy (non-hydrogen) atoms. The molecule has 0 bridgehead atoms. The van der Waals surface area contributed by atoms with Gasteiger partial charge in [-0.1, -0.05) is 5.16 Å². The van der Waals surface area contributed by atoms with E-state index in [4.69, 9.17) is 4.52 Å². The second kappa shape index (κ2) is 5.91. The van der Waals surface area contributed by atoms with Gasteiger partial charge in [-0.05, 0) is 52.1 Å². The number of amides is 1. The van der Waals surface area contributed by atoms with E-state index in [-0.39, 0.29) is 11.8 Å². The summed E-state index contributed by atoms with van der Waals surface area (Å²) in [6, 6.07) is 0.446. The van der Waals surface area contributed by atoms with E-state index in [1.165, 1.54) is 6.42 Å². The maximum Gasteiger partial charge on any atom is 0.240 e. The van der Waals surface area contributed by atoms with Gasteiger partial charge in [0.2, 0.25) is 11.8 Å². The van der Waals surface area contributed by atoms with Gasteiger partial charge in [0, 0.05) is 12.0 Å². The highest BCUT2D eigenvalue weighted by atomic mass is 16.5. The zero-order valence-corrected chi connectivity index (χ0v) is 12.0. The normalized spacial score (nSPS) is 21.6. The van der Waals surface area contributed by atoms with Crippen LogP contribution in [0.5, 0.6) is 0 Å². The summed E-state index contributed by atoms with van der Waals surface area (Å²) < 4.78 is 5.13. The lowest BCUT2D eigenvalue weighted by molar-refractivity contribution is -0.127. The molecule has 0 aromatic carbocycles. The van der Waals surface area contributed by atoms with Gasteiger partial charge in [-0.3, -0.25) is 9.69 Å². The van der Waals surface area contributed by atoms with Crippen LogP contribution in [0.1, 0.15) is 43.8 Å². The highest BCUT2D eigenvalue weighted by Gasteiger charge is 2.28. The zero-order chi connectivity index (χ0) is 13.9. The summed E-state index contributed by atoms with van der Waals surface area (Å²) >= 11 is 0. The SMILES string of the molecule is Cc1noc(CN2CCC(C(=O)NC3CCC3)CC2)n1. The summed E-state index contributed by atoms with van der Waals surface area (Å²) in [6.07, 6.45) is 5.41. The van der Waals surface area contributed by atoms with Gasteiger partial charge in [-0.2, -0.15) is 4.98 Å². The number of carbonyl (C=O) groups excluding carboxylic acids is 1. The highest BCUT2D eigenvalue weighted by molar-refractivity contribution is 5.79. The fourth-order valence-corrected chi connectivity index (χ4v) is 2.82. The Balaban J connectivity index is 1.43. The van der Waals surface area contributed by atoms with E-state index >= 15 is 0 Å². The first-order chi connectivity index (χ1) is 9.70. The van der Waals surface area contributed by atoms with Gasteiger partial charge in [0.25, 0.3) is 0 Å². The Labute approximate surface area is 118 Å². The molecule has 1 aromatic heterocycles. The van der Waals surface area contributed by atoms with Crippen LogP contribution in [0.15, 0.2) is 4.52 Å². The number of aryl methyl sites for hydroxylation is 1. The zero-order valence-electron chi connectivity index (χ0n) is 12.0. The maximum absolute atomic E-state index is 12.1. The standard InChI is InChI=1S/C14H22N4O2/c1-10-15-13(20-17-10)9-18-7-5-11(6-8-18)14(19)16-12-3-2-4-12/h11-12H,2-9H2,1H3,(H,16,19). The number of aromatic nitrogens is 2. The third-order valence-corrected chi connectivity index (χ3v) is 4.34. The lowest BCUT2D eigenvalue weighted by atomic mass is 9.90. The van der Waals surface area contributed by atoms with Gasteiger partial charge in [0.15, 0.2) is 5.82 Å². The number of nitrogens with zero attached hydrogens (tertiary/aromatic N) is 3. The second-order valence-electron chi connectivity index (χ2n) is 5.92. The number of nitrogens with one attached hydrogen (secondary N) is 1. The fourth-order valence-electron chi connectivity index (χ4n) is 2.82. The van der Waals surface area contributed by atoms with Crippen molar-refractivity contribution in [2.24, 2.45) is 5.92 Å². The first-order valence-electron chi connectivity index (χ1n) is 7.52. The van der Waals surface area contributed by atoms with Crippen molar-refractivity contribution in [2.75, 3.05) is 13.1 Å². The van der Waals surface area contributed by atoms with Crippen molar-refractivity contribution < 1.29 is 9.32 Å². The summed E-state index contributed by atoms with van der Waals surface area (Å²) in [4.78, 5) is 18.6. The molecule has 2 aliphatic rings. The summed E-state index contributed by atoms with van der Waals surface area (Å²) in [5.74, 6) is 1.77. The third kappa shape index (κ3) is 3.17. The maximum atomic E-state index is 12.1. The van der Waals surface area contributed by atoms with E-state index in [1.54, 1.807) is 0 Å². The van der Waals surface area contributed by atoms with Crippen LogP contribution in [0.2, 0.25) is 0 Å². The molecule has 6 heteroatoms. The van der Waals surface area contributed by atoms with Gasteiger partial charge in [-0.25, -0.2) is 0 Å². The van der Waals surface area contributed by atoms with Gasteiger partial charge < -0.3 is 9.84 Å². The van der Waals surface area contributed by atoms with Crippen molar-refractivity contribution >= 4 is 5.91 Å². The van der Waals surface area contributed by atoms with Crippen LogP contribution < -0.4 is 5.32 Å². The van der Waals surface area contributed by atoms with Crippen LogP contribution in [-0.2, 0) is 11.3 Å². The van der Waals surface area contributed by atoms with E-state index in [9.17, 15) is 4.79 Å². The topological polar surface area (TPSA) is 71.3 Å². The largest absolute Gasteiger partial charge is 0.353 e. The molecule has 1 saturated carbocycles. The van der Waals surface area contributed by atoms with E-state index in [1.807, 2.05) is 6.92 Å². The predicted molar refractivity (Wildman–Crippen MR) is 72.8 cm³/mol. The molecule has 1 amide bonds. The predicted octanol–water partition coefficient (Wildman–Crippen LogP) is 1.26. The molecule has 1 aromatic rings. The van der Waals surface area contributed by atoms with Gasteiger partial charge in [0.1, 0.15) is 0 Å². The molecule has 1 aliphatic carbocycles. The number of hydrogen-bond donors (Lipinski definition) is 1. The first-order valence-corrected chi connectivity index (χ1v) is 7.52. The quantitative estimate of drug-likeness (QED) is 0.897. The summed E-state index contributed by atoms with van der Waals surface area (Å²) in [7, 11) is 0. The molecule has 110 valence electrons. The average Bonchev–Trinajstić information content (AvgIpc) is 2.80. The minimum atomic E-state index is 0.177. The molecule has 3 rings (SSSR count). The van der Waals surface area contributed by atoms with E-state index in [0.29, 0.717) is 24.3 Å². The van der Waals surface area contributed by atoms with Crippen LogP contribution in [0.25, 0.3) is 0 Å². The molecule has 0 radical (unpaired) electrons. The molecule has 1 N–H and O–H groups in total. The molecular weight excluding hydrogens is 256 g/mol. The van der Waals surface area contributed by atoms with E-state index < -0.39 is 0 Å². The monoisotopic (exact) mass is 278 g/mol. The molecule has 0 spiro atoms. The number of piperidine rings is 1. The average molecular weight is 278 g/mol. The Morgan fingerprint density at radius 3 is 2.65 bits per heavy atom. The Kier molecular flexibility index (Phi) is 4.00. The number of carbonyl (C=O) groups is 1. The van der Waals surface area contributed by atoms with Crippen molar-refractivity contribution in [3.63, 3.8) is 0 Å². The van der Waals surface area contributed by atoms with Gasteiger partial charge >= 0.3 is 0 Å². The molecule has 2 heterocycles. The van der Waals surface area contributed by atoms with Crippen LogP contribution >= 0.6 is 0 Å². The minimum Gasteiger partial charge on any atom is -0.353 e. The van der Waals surface area contributed by atoms with E-state index in [2.05, 4.69) is 20.4 Å². The Bertz CT molecular complexity index is 461. The number of likely N-dealkylation sites (tertiary alicyclic amines) is 1. The molecule has 0 atom stereocenters. The van der Waals surface area contributed by atoms with Crippen molar-refractivity contribution in [1.82, 2.24) is 20.4 Å². The molecule has 1 aliphatic heterocycles.